The number of rotatable bonds is 5. The van der Waals surface area contributed by atoms with Gasteiger partial charge in [-0.3, -0.25) is 9.59 Å². The molecule has 2 amide bonds. The zero-order valence-corrected chi connectivity index (χ0v) is 16.7. The molecule has 0 unspecified atom stereocenters. The van der Waals surface area contributed by atoms with Crippen LogP contribution < -0.4 is 11.1 Å². The number of primary amides is 1. The monoisotopic (exact) mass is 429 g/mol. The Morgan fingerprint density at radius 1 is 1.21 bits per heavy atom. The summed E-state index contributed by atoms with van der Waals surface area (Å²) in [6.45, 7) is -0.476. The van der Waals surface area contributed by atoms with E-state index in [9.17, 15) is 14.4 Å². The third-order valence-corrected chi connectivity index (χ3v) is 6.06. The molecular weight excluding hydrogens is 414 g/mol. The highest BCUT2D eigenvalue weighted by molar-refractivity contribution is 7.17. The van der Waals surface area contributed by atoms with Gasteiger partial charge in [-0.05, 0) is 55.2 Å². The lowest BCUT2D eigenvalue weighted by Crippen LogP contribution is -2.22. The number of carbonyl (C=O) groups is 3. The van der Waals surface area contributed by atoms with Crippen LogP contribution in [0.25, 0.3) is 10.9 Å². The normalized spacial score (nSPS) is 12.6. The molecule has 0 saturated carbocycles. The molecule has 0 atom stereocenters. The summed E-state index contributed by atoms with van der Waals surface area (Å²) in [5.41, 5.74) is 7.70. The van der Waals surface area contributed by atoms with E-state index < -0.39 is 24.4 Å². The van der Waals surface area contributed by atoms with Crippen LogP contribution in [-0.2, 0) is 22.4 Å². The molecule has 1 aliphatic rings. The molecule has 148 valence electrons. The quantitative estimate of drug-likeness (QED) is 0.477. The molecule has 1 aliphatic carbocycles. The van der Waals surface area contributed by atoms with Gasteiger partial charge >= 0.3 is 5.97 Å². The van der Waals surface area contributed by atoms with E-state index in [2.05, 4.69) is 10.3 Å². The summed E-state index contributed by atoms with van der Waals surface area (Å²) in [5, 5.41) is 4.14. The van der Waals surface area contributed by atoms with Gasteiger partial charge in [0.15, 0.2) is 6.61 Å². The molecule has 0 aliphatic heterocycles. The summed E-state index contributed by atoms with van der Waals surface area (Å²) in [6.07, 6.45) is 2.62. The number of nitrogens with one attached hydrogen (secondary N) is 1. The number of ether oxygens (including phenoxy) is 1. The molecule has 9 heteroatoms. The number of amides is 2. The fourth-order valence-electron chi connectivity index (χ4n) is 3.36. The van der Waals surface area contributed by atoms with Crippen molar-refractivity contribution in [1.82, 2.24) is 4.98 Å². The number of nitrogens with zero attached hydrogens (tertiary/aromatic N) is 1. The smallest absolute Gasteiger partial charge is 0.338 e. The Balaban J connectivity index is 1.42. The minimum absolute atomic E-state index is 0.294. The molecule has 2 aromatic heterocycles. The second kappa shape index (κ2) is 7.81. The highest BCUT2D eigenvalue weighted by Crippen LogP contribution is 2.38. The van der Waals surface area contributed by atoms with Gasteiger partial charge in [0, 0.05) is 10.3 Å². The van der Waals surface area contributed by atoms with Crippen LogP contribution in [0, 0.1) is 0 Å². The summed E-state index contributed by atoms with van der Waals surface area (Å²) in [7, 11) is 0. The lowest BCUT2D eigenvalue weighted by Gasteiger charge is -2.08. The van der Waals surface area contributed by atoms with E-state index in [4.69, 9.17) is 22.1 Å². The third kappa shape index (κ3) is 3.94. The van der Waals surface area contributed by atoms with Crippen molar-refractivity contribution >= 4 is 56.6 Å². The van der Waals surface area contributed by atoms with Crippen molar-refractivity contribution in [2.45, 2.75) is 19.3 Å². The number of fused-ring (bicyclic) bond motifs is 2. The molecule has 3 N–H and O–H groups in total. The summed E-state index contributed by atoms with van der Waals surface area (Å²) in [6, 6.07) is 8.20. The first-order chi connectivity index (χ1) is 13.9. The molecule has 0 radical (unpaired) electrons. The standard InChI is InChI=1S/C20H16ClN3O4S/c21-15-7-5-10-8-11(4-6-13(10)23-15)20(27)28-9-16(25)24-19-17(18(22)26)12-2-1-3-14(12)29-19/h4-8H,1-3,9H2,(H2,22,26)(H,24,25). The van der Waals surface area contributed by atoms with Crippen LogP contribution in [0.2, 0.25) is 5.15 Å². The zero-order chi connectivity index (χ0) is 20.5. The summed E-state index contributed by atoms with van der Waals surface area (Å²) < 4.78 is 5.10. The van der Waals surface area contributed by atoms with E-state index in [0.717, 1.165) is 35.1 Å². The Bertz CT molecular complexity index is 1160. The summed E-state index contributed by atoms with van der Waals surface area (Å²) >= 11 is 7.20. The second-order valence-electron chi connectivity index (χ2n) is 6.59. The first kappa shape index (κ1) is 19.4. The van der Waals surface area contributed by atoms with Crippen molar-refractivity contribution in [1.29, 1.82) is 0 Å². The molecule has 4 rings (SSSR count). The molecule has 0 fully saturated rings. The van der Waals surface area contributed by atoms with Gasteiger partial charge in [-0.25, -0.2) is 9.78 Å². The van der Waals surface area contributed by atoms with Gasteiger partial charge in [-0.15, -0.1) is 11.3 Å². The van der Waals surface area contributed by atoms with E-state index >= 15 is 0 Å². The number of pyridine rings is 1. The van der Waals surface area contributed by atoms with Crippen molar-refractivity contribution in [2.75, 3.05) is 11.9 Å². The predicted octanol–water partition coefficient (Wildman–Crippen LogP) is 3.33. The number of aromatic nitrogens is 1. The SMILES string of the molecule is NC(=O)c1c(NC(=O)COC(=O)c2ccc3nc(Cl)ccc3c2)sc2c1CCC2. The maximum atomic E-state index is 12.3. The van der Waals surface area contributed by atoms with Gasteiger partial charge in [0.05, 0.1) is 16.6 Å². The number of thiophene rings is 1. The minimum atomic E-state index is -0.638. The minimum Gasteiger partial charge on any atom is -0.452 e. The van der Waals surface area contributed by atoms with E-state index in [1.54, 1.807) is 30.3 Å². The predicted molar refractivity (Wildman–Crippen MR) is 111 cm³/mol. The van der Waals surface area contributed by atoms with Gasteiger partial charge in [-0.1, -0.05) is 11.6 Å². The second-order valence-corrected chi connectivity index (χ2v) is 8.08. The molecular formula is C20H16ClN3O4S. The van der Waals surface area contributed by atoms with Crippen LogP contribution >= 0.6 is 22.9 Å². The van der Waals surface area contributed by atoms with Crippen LogP contribution in [0.3, 0.4) is 0 Å². The van der Waals surface area contributed by atoms with Crippen molar-refractivity contribution in [2.24, 2.45) is 5.73 Å². The van der Waals surface area contributed by atoms with Crippen LogP contribution in [-0.4, -0.2) is 29.4 Å². The van der Waals surface area contributed by atoms with Crippen LogP contribution in [0.15, 0.2) is 30.3 Å². The lowest BCUT2D eigenvalue weighted by atomic mass is 10.1. The number of hydrogen-bond donors (Lipinski definition) is 2. The highest BCUT2D eigenvalue weighted by Gasteiger charge is 2.26. The van der Waals surface area contributed by atoms with Crippen molar-refractivity contribution in [3.63, 3.8) is 0 Å². The third-order valence-electron chi connectivity index (χ3n) is 4.65. The molecule has 3 aromatic rings. The first-order valence-electron chi connectivity index (χ1n) is 8.90. The van der Waals surface area contributed by atoms with E-state index in [1.165, 1.54) is 11.3 Å². The molecule has 1 aromatic carbocycles. The number of halogens is 1. The number of hydrogen-bond acceptors (Lipinski definition) is 6. The Kier molecular flexibility index (Phi) is 5.21. The van der Waals surface area contributed by atoms with Gasteiger partial charge in [0.25, 0.3) is 11.8 Å². The molecule has 0 bridgehead atoms. The fraction of sp³-hybridized carbons (Fsp3) is 0.200. The molecule has 0 saturated heterocycles. The average molecular weight is 430 g/mol. The van der Waals surface area contributed by atoms with E-state index in [-0.39, 0.29) is 0 Å². The number of carbonyl (C=O) groups excluding carboxylic acids is 3. The molecule has 7 nitrogen and oxygen atoms in total. The topological polar surface area (TPSA) is 111 Å². The van der Waals surface area contributed by atoms with Crippen LogP contribution in [0.5, 0.6) is 0 Å². The number of aryl methyl sites for hydroxylation is 1. The number of benzene rings is 1. The molecule has 29 heavy (non-hydrogen) atoms. The van der Waals surface area contributed by atoms with Crippen molar-refractivity contribution < 1.29 is 19.1 Å². The Morgan fingerprint density at radius 2 is 2.03 bits per heavy atom. The van der Waals surface area contributed by atoms with Gasteiger partial charge in [0.1, 0.15) is 10.2 Å². The lowest BCUT2D eigenvalue weighted by molar-refractivity contribution is -0.119. The van der Waals surface area contributed by atoms with Gasteiger partial charge in [-0.2, -0.15) is 0 Å². The van der Waals surface area contributed by atoms with Crippen molar-refractivity contribution in [3.8, 4) is 0 Å². The van der Waals surface area contributed by atoms with Gasteiger partial charge < -0.3 is 15.8 Å². The Labute approximate surface area is 174 Å². The summed E-state index contributed by atoms with van der Waals surface area (Å²) in [5.74, 6) is -1.74. The zero-order valence-electron chi connectivity index (χ0n) is 15.2. The number of nitrogens with two attached hydrogens (primary N) is 1. The highest BCUT2D eigenvalue weighted by atomic mass is 35.5. The maximum Gasteiger partial charge on any atom is 0.338 e. The molecule has 2 heterocycles. The maximum absolute atomic E-state index is 12.3. The largest absolute Gasteiger partial charge is 0.452 e. The number of esters is 1. The van der Waals surface area contributed by atoms with Crippen LogP contribution in [0.1, 0.15) is 37.6 Å². The summed E-state index contributed by atoms with van der Waals surface area (Å²) in [4.78, 5) is 41.5. The number of anilines is 1. The fourth-order valence-corrected chi connectivity index (χ4v) is 4.82. The van der Waals surface area contributed by atoms with E-state index in [1.807, 2.05) is 0 Å². The van der Waals surface area contributed by atoms with Crippen LogP contribution in [0.4, 0.5) is 5.00 Å². The van der Waals surface area contributed by atoms with Gasteiger partial charge in [0.2, 0.25) is 0 Å². The van der Waals surface area contributed by atoms with E-state index in [0.29, 0.717) is 26.8 Å². The molecule has 0 spiro atoms. The average Bonchev–Trinajstić information content (AvgIpc) is 3.26. The Morgan fingerprint density at radius 3 is 2.83 bits per heavy atom. The van der Waals surface area contributed by atoms with Crippen molar-refractivity contribution in [3.05, 3.63) is 57.1 Å². The Hall–Kier alpha value is -2.97. The first-order valence-corrected chi connectivity index (χ1v) is 10.1.